The Morgan fingerprint density at radius 3 is 2.63 bits per heavy atom. The van der Waals surface area contributed by atoms with Crippen molar-refractivity contribution in [3.63, 3.8) is 0 Å². The number of pyridine rings is 1. The average Bonchev–Trinajstić information content (AvgIpc) is 2.74. The summed E-state index contributed by atoms with van der Waals surface area (Å²) in [6.45, 7) is 10.8. The molecule has 0 amide bonds. The molecule has 0 radical (unpaired) electrons. The normalized spacial score (nSPS) is 11.8. The van der Waals surface area contributed by atoms with E-state index in [-0.39, 0.29) is 5.54 Å². The fourth-order valence-corrected chi connectivity index (χ4v) is 1.71. The molecule has 0 aromatic carbocycles. The van der Waals surface area contributed by atoms with Gasteiger partial charge in [0.1, 0.15) is 5.69 Å². The molecule has 0 fully saturated rings. The van der Waals surface area contributed by atoms with Gasteiger partial charge in [-0.1, -0.05) is 11.2 Å². The third kappa shape index (κ3) is 3.61. The van der Waals surface area contributed by atoms with Crippen molar-refractivity contribution in [3.8, 4) is 11.5 Å². The largest absolute Gasteiger partial charge is 0.337 e. The molecule has 19 heavy (non-hydrogen) atoms. The summed E-state index contributed by atoms with van der Waals surface area (Å²) >= 11 is 0. The van der Waals surface area contributed by atoms with Gasteiger partial charge in [0.25, 0.3) is 0 Å². The minimum Gasteiger partial charge on any atom is -0.337 e. The number of hydrogen-bond acceptors (Lipinski definition) is 5. The number of hydrogen-bond donors (Lipinski definition) is 1. The Labute approximate surface area is 113 Å². The molecule has 0 saturated heterocycles. The van der Waals surface area contributed by atoms with Crippen molar-refractivity contribution in [2.24, 2.45) is 0 Å². The monoisotopic (exact) mass is 260 g/mol. The van der Waals surface area contributed by atoms with E-state index in [1.807, 2.05) is 20.0 Å². The summed E-state index contributed by atoms with van der Waals surface area (Å²) in [5.74, 6) is 1.12. The second-order valence-electron chi connectivity index (χ2n) is 5.79. The molecule has 2 rings (SSSR count). The topological polar surface area (TPSA) is 63.8 Å². The lowest BCUT2D eigenvalue weighted by atomic mass is 10.1. The van der Waals surface area contributed by atoms with Gasteiger partial charge in [0.05, 0.1) is 6.54 Å². The van der Waals surface area contributed by atoms with Crippen LogP contribution in [-0.4, -0.2) is 20.7 Å². The standard InChI is InChI=1S/C14H20N4O/c1-9-6-10(2)12(15-7-9)13-17-11(19-18-13)8-16-14(3,4)5/h6-7,16H,8H2,1-5H3. The average molecular weight is 260 g/mol. The van der Waals surface area contributed by atoms with Crippen molar-refractivity contribution >= 4 is 0 Å². The van der Waals surface area contributed by atoms with Gasteiger partial charge in [-0.25, -0.2) is 0 Å². The van der Waals surface area contributed by atoms with Gasteiger partial charge in [-0.3, -0.25) is 4.98 Å². The van der Waals surface area contributed by atoms with Gasteiger partial charge in [0.2, 0.25) is 11.7 Å². The van der Waals surface area contributed by atoms with E-state index in [2.05, 4.69) is 47.3 Å². The van der Waals surface area contributed by atoms with E-state index < -0.39 is 0 Å². The van der Waals surface area contributed by atoms with Crippen LogP contribution in [0.15, 0.2) is 16.8 Å². The van der Waals surface area contributed by atoms with Crippen LogP contribution in [0.1, 0.15) is 37.8 Å². The maximum absolute atomic E-state index is 5.24. The van der Waals surface area contributed by atoms with Gasteiger partial charge in [0.15, 0.2) is 0 Å². The van der Waals surface area contributed by atoms with Crippen LogP contribution in [0.2, 0.25) is 0 Å². The van der Waals surface area contributed by atoms with E-state index >= 15 is 0 Å². The summed E-state index contributed by atoms with van der Waals surface area (Å²) in [5, 5.41) is 7.30. The summed E-state index contributed by atoms with van der Waals surface area (Å²) in [6, 6.07) is 2.06. The minimum atomic E-state index is 0.0205. The lowest BCUT2D eigenvalue weighted by molar-refractivity contribution is 0.336. The Bertz CT molecular complexity index is 569. The Morgan fingerprint density at radius 1 is 1.26 bits per heavy atom. The highest BCUT2D eigenvalue weighted by atomic mass is 16.5. The number of aryl methyl sites for hydroxylation is 2. The van der Waals surface area contributed by atoms with Crippen molar-refractivity contribution in [3.05, 3.63) is 29.3 Å². The molecule has 2 aromatic rings. The molecule has 0 unspecified atom stereocenters. The smallest absolute Gasteiger partial charge is 0.240 e. The number of rotatable bonds is 3. The predicted molar refractivity (Wildman–Crippen MR) is 73.6 cm³/mol. The molecular weight excluding hydrogens is 240 g/mol. The second kappa shape index (κ2) is 5.09. The molecule has 0 spiro atoms. The molecule has 0 saturated carbocycles. The molecule has 1 N–H and O–H groups in total. The molecule has 5 heteroatoms. The highest BCUT2D eigenvalue weighted by molar-refractivity contribution is 5.53. The maximum Gasteiger partial charge on any atom is 0.240 e. The molecule has 0 bridgehead atoms. The van der Waals surface area contributed by atoms with Crippen LogP contribution >= 0.6 is 0 Å². The lowest BCUT2D eigenvalue weighted by Gasteiger charge is -2.18. The number of nitrogens with zero attached hydrogens (tertiary/aromatic N) is 3. The van der Waals surface area contributed by atoms with Gasteiger partial charge in [-0.05, 0) is 45.7 Å². The van der Waals surface area contributed by atoms with Crippen LogP contribution in [0.4, 0.5) is 0 Å². The molecule has 0 aliphatic rings. The highest BCUT2D eigenvalue weighted by Gasteiger charge is 2.14. The Hall–Kier alpha value is -1.75. The first-order chi connectivity index (χ1) is 8.85. The zero-order chi connectivity index (χ0) is 14.0. The third-order valence-corrected chi connectivity index (χ3v) is 2.66. The Balaban J connectivity index is 2.16. The minimum absolute atomic E-state index is 0.0205. The molecule has 0 atom stereocenters. The van der Waals surface area contributed by atoms with Gasteiger partial charge >= 0.3 is 0 Å². The first-order valence-corrected chi connectivity index (χ1v) is 6.36. The summed E-state index contributed by atoms with van der Waals surface area (Å²) < 4.78 is 5.24. The zero-order valence-electron chi connectivity index (χ0n) is 12.1. The maximum atomic E-state index is 5.24. The van der Waals surface area contributed by atoms with E-state index in [9.17, 15) is 0 Å². The van der Waals surface area contributed by atoms with E-state index in [1.54, 1.807) is 0 Å². The van der Waals surface area contributed by atoms with E-state index in [0.717, 1.165) is 16.8 Å². The van der Waals surface area contributed by atoms with E-state index in [0.29, 0.717) is 18.3 Å². The molecule has 2 aromatic heterocycles. The zero-order valence-corrected chi connectivity index (χ0v) is 12.1. The first kappa shape index (κ1) is 13.7. The lowest BCUT2D eigenvalue weighted by Crippen LogP contribution is -2.35. The van der Waals surface area contributed by atoms with Gasteiger partial charge in [0, 0.05) is 11.7 Å². The molecule has 0 aliphatic heterocycles. The van der Waals surface area contributed by atoms with Crippen molar-refractivity contribution < 1.29 is 4.52 Å². The molecule has 0 aliphatic carbocycles. The van der Waals surface area contributed by atoms with Gasteiger partial charge < -0.3 is 9.84 Å². The van der Waals surface area contributed by atoms with Crippen molar-refractivity contribution in [2.45, 2.75) is 46.7 Å². The van der Waals surface area contributed by atoms with Gasteiger partial charge in [-0.15, -0.1) is 0 Å². The molecule has 5 nitrogen and oxygen atoms in total. The first-order valence-electron chi connectivity index (χ1n) is 6.36. The van der Waals surface area contributed by atoms with Gasteiger partial charge in [-0.2, -0.15) is 4.98 Å². The van der Waals surface area contributed by atoms with Crippen molar-refractivity contribution in [1.29, 1.82) is 0 Å². The summed E-state index contributed by atoms with van der Waals surface area (Å²) in [4.78, 5) is 8.74. The van der Waals surface area contributed by atoms with E-state index in [1.165, 1.54) is 0 Å². The number of aromatic nitrogens is 3. The Morgan fingerprint density at radius 2 is 2.00 bits per heavy atom. The second-order valence-corrected chi connectivity index (χ2v) is 5.79. The van der Waals surface area contributed by atoms with Crippen LogP contribution < -0.4 is 5.32 Å². The third-order valence-electron chi connectivity index (χ3n) is 2.66. The quantitative estimate of drug-likeness (QED) is 0.919. The van der Waals surface area contributed by atoms with Crippen LogP contribution in [-0.2, 0) is 6.54 Å². The van der Waals surface area contributed by atoms with E-state index in [4.69, 9.17) is 4.52 Å². The van der Waals surface area contributed by atoms with Crippen LogP contribution in [0.5, 0.6) is 0 Å². The van der Waals surface area contributed by atoms with Crippen LogP contribution in [0.25, 0.3) is 11.5 Å². The molecule has 102 valence electrons. The fraction of sp³-hybridized carbons (Fsp3) is 0.500. The van der Waals surface area contributed by atoms with Crippen LogP contribution in [0, 0.1) is 13.8 Å². The summed E-state index contributed by atoms with van der Waals surface area (Å²) in [7, 11) is 0. The Kier molecular flexibility index (Phi) is 3.66. The summed E-state index contributed by atoms with van der Waals surface area (Å²) in [5.41, 5.74) is 2.97. The molecular formula is C14H20N4O. The predicted octanol–water partition coefficient (Wildman–Crippen LogP) is 2.64. The van der Waals surface area contributed by atoms with Crippen LogP contribution in [0.3, 0.4) is 0 Å². The van der Waals surface area contributed by atoms with Crippen molar-refractivity contribution in [2.75, 3.05) is 0 Å². The highest BCUT2D eigenvalue weighted by Crippen LogP contribution is 2.18. The molecule has 2 heterocycles. The summed E-state index contributed by atoms with van der Waals surface area (Å²) in [6.07, 6.45) is 1.81. The number of nitrogens with one attached hydrogen (secondary N) is 1. The van der Waals surface area contributed by atoms with Crippen molar-refractivity contribution in [1.82, 2.24) is 20.4 Å². The fourth-order valence-electron chi connectivity index (χ4n) is 1.71. The SMILES string of the molecule is Cc1cnc(-c2noc(CNC(C)(C)C)n2)c(C)c1.